The zero-order chi connectivity index (χ0) is 19.4. The van der Waals surface area contributed by atoms with Gasteiger partial charge in [0.25, 0.3) is 0 Å². The number of carbonyl (C=O) groups excluding carboxylic acids is 2. The van der Waals surface area contributed by atoms with Crippen LogP contribution in [0.15, 0.2) is 30.3 Å². The van der Waals surface area contributed by atoms with Crippen LogP contribution in [0.25, 0.3) is 0 Å². The third kappa shape index (κ3) is 4.48. The van der Waals surface area contributed by atoms with Crippen LogP contribution in [0.3, 0.4) is 0 Å². The molecule has 0 radical (unpaired) electrons. The van der Waals surface area contributed by atoms with E-state index in [1.165, 1.54) is 19.2 Å². The summed E-state index contributed by atoms with van der Waals surface area (Å²) in [7, 11) is 1.37. The van der Waals surface area contributed by atoms with Crippen LogP contribution in [0, 0.1) is 26.6 Å². The van der Waals surface area contributed by atoms with Crippen molar-refractivity contribution in [1.29, 1.82) is 0 Å². The van der Waals surface area contributed by atoms with Crippen LogP contribution in [0.1, 0.15) is 39.5 Å². The molecule has 26 heavy (non-hydrogen) atoms. The maximum Gasteiger partial charge on any atom is 0.310 e. The lowest BCUT2D eigenvalue weighted by Crippen LogP contribution is -2.26. The number of carbonyl (C=O) groups is 2. The number of methoxy groups -OCH3 is 1. The highest BCUT2D eigenvalue weighted by molar-refractivity contribution is 6.01. The number of ether oxygens (including phenoxy) is 2. The van der Waals surface area contributed by atoms with Crippen molar-refractivity contribution in [3.63, 3.8) is 0 Å². The highest BCUT2D eigenvalue weighted by Gasteiger charge is 2.22. The molecule has 0 aliphatic rings. The maximum atomic E-state index is 13.7. The Morgan fingerprint density at radius 3 is 2.31 bits per heavy atom. The molecular formula is C21H23FO4. The summed E-state index contributed by atoms with van der Waals surface area (Å²) in [6, 6.07) is 8.02. The number of ketones is 1. The van der Waals surface area contributed by atoms with Gasteiger partial charge in [0.2, 0.25) is 5.78 Å². The van der Waals surface area contributed by atoms with Crippen LogP contribution < -0.4 is 4.74 Å². The number of hydrogen-bond acceptors (Lipinski definition) is 4. The molecule has 138 valence electrons. The molecular weight excluding hydrogens is 335 g/mol. The summed E-state index contributed by atoms with van der Waals surface area (Å²) >= 11 is 0. The summed E-state index contributed by atoms with van der Waals surface area (Å²) in [4.78, 5) is 24.7. The third-order valence-corrected chi connectivity index (χ3v) is 4.35. The van der Waals surface area contributed by atoms with Crippen molar-refractivity contribution >= 4 is 11.8 Å². The number of esters is 1. The summed E-state index contributed by atoms with van der Waals surface area (Å²) in [6.45, 7) is 7.31. The first-order valence-electron chi connectivity index (χ1n) is 8.37. The van der Waals surface area contributed by atoms with Crippen molar-refractivity contribution in [1.82, 2.24) is 0 Å². The molecule has 2 rings (SSSR count). The van der Waals surface area contributed by atoms with E-state index in [-0.39, 0.29) is 18.0 Å². The van der Waals surface area contributed by atoms with Crippen molar-refractivity contribution in [2.45, 2.75) is 40.2 Å². The second kappa shape index (κ2) is 8.13. The van der Waals surface area contributed by atoms with Crippen molar-refractivity contribution in [2.75, 3.05) is 7.11 Å². The first kappa shape index (κ1) is 19.6. The molecule has 0 aromatic heterocycles. The minimum Gasteiger partial charge on any atom is -0.494 e. The van der Waals surface area contributed by atoms with Gasteiger partial charge in [-0.1, -0.05) is 12.1 Å². The molecule has 0 spiro atoms. The molecule has 0 aliphatic heterocycles. The fourth-order valence-electron chi connectivity index (χ4n) is 2.72. The SMILES string of the molecule is COc1ccc(CC(=O)O[C@H](C)C(=O)c2cc(C)c(C)cc2C)cc1F. The molecule has 0 bridgehead atoms. The Morgan fingerprint density at radius 2 is 1.69 bits per heavy atom. The van der Waals surface area contributed by atoms with Crippen LogP contribution in [-0.4, -0.2) is 25.0 Å². The molecule has 0 amide bonds. The number of halogens is 1. The monoisotopic (exact) mass is 358 g/mol. The molecule has 2 aromatic rings. The van der Waals surface area contributed by atoms with E-state index in [0.717, 1.165) is 16.7 Å². The van der Waals surface area contributed by atoms with Crippen LogP contribution in [0.4, 0.5) is 4.39 Å². The second-order valence-electron chi connectivity index (χ2n) is 6.39. The number of hydrogen-bond donors (Lipinski definition) is 0. The molecule has 0 unspecified atom stereocenters. The number of Topliss-reactive ketones (excluding diaryl/α,β-unsaturated/α-hetero) is 1. The number of rotatable bonds is 6. The Balaban J connectivity index is 2.06. The topological polar surface area (TPSA) is 52.6 Å². The average molecular weight is 358 g/mol. The lowest BCUT2D eigenvalue weighted by molar-refractivity contribution is -0.145. The Morgan fingerprint density at radius 1 is 1.04 bits per heavy atom. The summed E-state index contributed by atoms with van der Waals surface area (Å²) in [6.07, 6.45) is -1.03. The Bertz CT molecular complexity index is 842. The molecule has 0 aliphatic carbocycles. The molecule has 0 saturated carbocycles. The van der Waals surface area contributed by atoms with Crippen molar-refractivity contribution in [3.05, 3.63) is 64.0 Å². The fraction of sp³-hybridized carbons (Fsp3) is 0.333. The van der Waals surface area contributed by atoms with Gasteiger partial charge in [0.15, 0.2) is 17.7 Å². The molecule has 5 heteroatoms. The van der Waals surface area contributed by atoms with Gasteiger partial charge in [0.1, 0.15) is 0 Å². The fourth-order valence-corrected chi connectivity index (χ4v) is 2.72. The predicted molar refractivity (Wildman–Crippen MR) is 97.2 cm³/mol. The third-order valence-electron chi connectivity index (χ3n) is 4.35. The quantitative estimate of drug-likeness (QED) is 0.576. The van der Waals surface area contributed by atoms with Crippen molar-refractivity contribution < 1.29 is 23.5 Å². The maximum absolute atomic E-state index is 13.7. The van der Waals surface area contributed by atoms with Gasteiger partial charge >= 0.3 is 5.97 Å². The van der Waals surface area contributed by atoms with Gasteiger partial charge in [-0.2, -0.15) is 0 Å². The highest BCUT2D eigenvalue weighted by atomic mass is 19.1. The zero-order valence-corrected chi connectivity index (χ0v) is 15.7. The van der Waals surface area contributed by atoms with E-state index in [0.29, 0.717) is 11.1 Å². The summed E-state index contributed by atoms with van der Waals surface area (Å²) in [5, 5.41) is 0. The van der Waals surface area contributed by atoms with E-state index < -0.39 is 17.9 Å². The summed E-state index contributed by atoms with van der Waals surface area (Å²) in [5.41, 5.74) is 3.95. The van der Waals surface area contributed by atoms with Crippen molar-refractivity contribution in [2.24, 2.45) is 0 Å². The highest BCUT2D eigenvalue weighted by Crippen LogP contribution is 2.20. The van der Waals surface area contributed by atoms with E-state index in [2.05, 4.69) is 0 Å². The lowest BCUT2D eigenvalue weighted by Gasteiger charge is -2.15. The van der Waals surface area contributed by atoms with E-state index in [1.54, 1.807) is 13.0 Å². The standard InChI is InChI=1S/C21H23FO4/c1-12-8-14(3)17(9-13(12)2)21(24)15(4)26-20(23)11-16-6-7-19(25-5)18(22)10-16/h6-10,15H,11H2,1-5H3/t15-/m1/s1. The minimum atomic E-state index is -0.911. The smallest absolute Gasteiger partial charge is 0.310 e. The summed E-state index contributed by atoms with van der Waals surface area (Å²) in [5.74, 6) is -1.28. The first-order chi connectivity index (χ1) is 12.2. The largest absolute Gasteiger partial charge is 0.494 e. The van der Waals surface area contributed by atoms with Gasteiger partial charge < -0.3 is 9.47 Å². The van der Waals surface area contributed by atoms with Gasteiger partial charge in [-0.25, -0.2) is 4.39 Å². The number of aryl methyl sites for hydroxylation is 3. The normalized spacial score (nSPS) is 11.8. The molecule has 0 heterocycles. The Hall–Kier alpha value is -2.69. The van der Waals surface area contributed by atoms with Gasteiger partial charge in [-0.15, -0.1) is 0 Å². The van der Waals surface area contributed by atoms with Crippen LogP contribution in [0.2, 0.25) is 0 Å². The van der Waals surface area contributed by atoms with Gasteiger partial charge in [0.05, 0.1) is 13.5 Å². The Kier molecular flexibility index (Phi) is 6.14. The average Bonchev–Trinajstić information content (AvgIpc) is 2.57. The zero-order valence-electron chi connectivity index (χ0n) is 15.7. The van der Waals surface area contributed by atoms with Crippen LogP contribution >= 0.6 is 0 Å². The van der Waals surface area contributed by atoms with E-state index >= 15 is 0 Å². The molecule has 2 aromatic carbocycles. The van der Waals surface area contributed by atoms with E-state index in [9.17, 15) is 14.0 Å². The van der Waals surface area contributed by atoms with Crippen LogP contribution in [0.5, 0.6) is 5.75 Å². The molecule has 0 fully saturated rings. The summed E-state index contributed by atoms with van der Waals surface area (Å²) < 4.78 is 23.8. The predicted octanol–water partition coefficient (Wildman–Crippen LogP) is 4.12. The van der Waals surface area contributed by atoms with Crippen LogP contribution in [-0.2, 0) is 16.0 Å². The van der Waals surface area contributed by atoms with Gasteiger partial charge in [-0.05, 0) is 68.1 Å². The minimum absolute atomic E-state index is 0.107. The second-order valence-corrected chi connectivity index (χ2v) is 6.39. The molecule has 0 N–H and O–H groups in total. The van der Waals surface area contributed by atoms with Gasteiger partial charge in [0, 0.05) is 5.56 Å². The van der Waals surface area contributed by atoms with Crippen molar-refractivity contribution in [3.8, 4) is 5.75 Å². The van der Waals surface area contributed by atoms with Gasteiger partial charge in [-0.3, -0.25) is 9.59 Å². The van der Waals surface area contributed by atoms with E-state index in [4.69, 9.17) is 9.47 Å². The number of benzene rings is 2. The first-order valence-corrected chi connectivity index (χ1v) is 8.37. The molecule has 0 saturated heterocycles. The molecule has 4 nitrogen and oxygen atoms in total. The lowest BCUT2D eigenvalue weighted by atomic mass is 9.96. The van der Waals surface area contributed by atoms with E-state index in [1.807, 2.05) is 32.9 Å². The molecule has 1 atom stereocenters. The Labute approximate surface area is 152 Å².